The Morgan fingerprint density at radius 2 is 2.00 bits per heavy atom. The third-order valence-electron chi connectivity index (χ3n) is 2.21. The molecular weight excluding hydrogens is 261 g/mol. The van der Waals surface area contributed by atoms with Crippen molar-refractivity contribution in [1.82, 2.24) is 5.32 Å². The summed E-state index contributed by atoms with van der Waals surface area (Å²) in [5.74, 6) is 0. The van der Waals surface area contributed by atoms with E-state index in [2.05, 4.69) is 24.2 Å². The number of alkyl halides is 2. The Hall–Kier alpha value is 0.690. The van der Waals surface area contributed by atoms with Crippen LogP contribution in [0.3, 0.4) is 0 Å². The van der Waals surface area contributed by atoms with Crippen molar-refractivity contribution in [2.45, 2.75) is 45.1 Å². The van der Waals surface area contributed by atoms with Crippen LogP contribution in [0.15, 0.2) is 0 Å². The Morgan fingerprint density at radius 1 is 1.25 bits per heavy atom. The molecule has 0 aromatic carbocycles. The number of hydrogen-bond acceptors (Lipinski definition) is 1. The molecule has 0 aromatic heterocycles. The summed E-state index contributed by atoms with van der Waals surface area (Å²) >= 11 is 0.508. The van der Waals surface area contributed by atoms with Gasteiger partial charge in [0.05, 0.1) is 0 Å². The van der Waals surface area contributed by atoms with E-state index in [0.717, 1.165) is 6.04 Å². The molecule has 1 nitrogen and oxygen atoms in total. The monoisotopic (exact) mass is 284 g/mol. The van der Waals surface area contributed by atoms with Gasteiger partial charge in [-0.15, -0.1) is 0 Å². The van der Waals surface area contributed by atoms with Gasteiger partial charge in [-0.05, 0) is 0 Å². The first-order valence-electron chi connectivity index (χ1n) is 4.96. The normalized spacial score (nSPS) is 13.6. The maximum atomic E-state index is 3.41. The first-order valence-corrected chi connectivity index (χ1v) is 8.64. The van der Waals surface area contributed by atoms with Crippen LogP contribution in [-0.2, 0) is 0 Å². The van der Waals surface area contributed by atoms with Crippen LogP contribution in [-0.4, -0.2) is 22.4 Å². The van der Waals surface area contributed by atoms with Crippen molar-refractivity contribution in [3.05, 3.63) is 0 Å². The average molecular weight is 284 g/mol. The van der Waals surface area contributed by atoms with E-state index in [9.17, 15) is 0 Å². The predicted octanol–water partition coefficient (Wildman–Crippen LogP) is -0.736. The van der Waals surface area contributed by atoms with E-state index < -0.39 is 0 Å². The number of hydrogen-bond donors (Lipinski definition) is 1. The van der Waals surface area contributed by atoms with Gasteiger partial charge in [-0.3, -0.25) is 0 Å². The third kappa shape index (κ3) is 7.35. The molecule has 0 amide bonds. The van der Waals surface area contributed by atoms with Crippen molar-refractivity contribution in [2.24, 2.45) is 0 Å². The summed E-state index contributed by atoms with van der Waals surface area (Å²) in [5, 5.41) is 3.41. The van der Waals surface area contributed by atoms with Crippen molar-refractivity contribution in [2.75, 3.05) is 16.4 Å². The molecular formula is C10H23IN-. The average Bonchev–Trinajstić information content (AvgIpc) is 2.11. The Labute approximate surface area is 88.0 Å². The van der Waals surface area contributed by atoms with Crippen LogP contribution in [0.2, 0.25) is 0 Å². The quantitative estimate of drug-likeness (QED) is 0.352. The molecule has 0 aliphatic rings. The van der Waals surface area contributed by atoms with Gasteiger partial charge in [-0.2, -0.15) is 0 Å². The fourth-order valence-corrected chi connectivity index (χ4v) is 2.69. The second-order valence-corrected chi connectivity index (χ2v) is 5.83. The first-order chi connectivity index (χ1) is 5.85. The van der Waals surface area contributed by atoms with E-state index >= 15 is 0 Å². The van der Waals surface area contributed by atoms with Crippen molar-refractivity contribution in [3.8, 4) is 0 Å². The van der Waals surface area contributed by atoms with Crippen molar-refractivity contribution < 1.29 is 21.2 Å². The molecule has 2 heteroatoms. The summed E-state index contributed by atoms with van der Waals surface area (Å²) < 4.78 is 1.48. The SMILES string of the molecule is CCCCCC(CC[I-]C)NC. The van der Waals surface area contributed by atoms with E-state index in [0.29, 0.717) is 21.2 Å². The van der Waals surface area contributed by atoms with Gasteiger partial charge in [0.25, 0.3) is 0 Å². The Morgan fingerprint density at radius 3 is 2.50 bits per heavy atom. The Kier molecular flexibility index (Phi) is 10.3. The second-order valence-electron chi connectivity index (χ2n) is 3.23. The van der Waals surface area contributed by atoms with Gasteiger partial charge in [0, 0.05) is 0 Å². The summed E-state index contributed by atoms with van der Waals surface area (Å²) in [5.41, 5.74) is 0. The molecule has 0 bridgehead atoms. The second kappa shape index (κ2) is 9.78. The molecule has 1 unspecified atom stereocenters. The van der Waals surface area contributed by atoms with E-state index in [-0.39, 0.29) is 0 Å². The molecule has 0 heterocycles. The molecule has 0 aliphatic heterocycles. The van der Waals surface area contributed by atoms with Crippen LogP contribution in [0.5, 0.6) is 0 Å². The Bertz CT molecular complexity index is 85.9. The minimum absolute atomic E-state index is 0.508. The van der Waals surface area contributed by atoms with E-state index in [4.69, 9.17) is 0 Å². The summed E-state index contributed by atoms with van der Waals surface area (Å²) in [4.78, 5) is 2.37. The molecule has 0 radical (unpaired) electrons. The molecule has 0 rings (SSSR count). The number of rotatable bonds is 8. The van der Waals surface area contributed by atoms with Gasteiger partial charge in [-0.1, -0.05) is 0 Å². The maximum absolute atomic E-state index is 3.41. The molecule has 76 valence electrons. The van der Waals surface area contributed by atoms with E-state index in [1.807, 2.05) is 0 Å². The van der Waals surface area contributed by atoms with Crippen molar-refractivity contribution >= 4 is 0 Å². The number of nitrogens with one attached hydrogen (secondary N) is 1. The third-order valence-corrected chi connectivity index (χ3v) is 3.91. The predicted molar refractivity (Wildman–Crippen MR) is 52.4 cm³/mol. The van der Waals surface area contributed by atoms with Crippen molar-refractivity contribution in [1.29, 1.82) is 0 Å². The molecule has 1 N–H and O–H groups in total. The zero-order chi connectivity index (χ0) is 9.23. The molecule has 1 atom stereocenters. The van der Waals surface area contributed by atoms with Crippen LogP contribution in [0.4, 0.5) is 0 Å². The molecule has 0 fully saturated rings. The molecule has 12 heavy (non-hydrogen) atoms. The molecule has 0 spiro atoms. The minimum atomic E-state index is 0.508. The zero-order valence-electron chi connectivity index (χ0n) is 8.70. The number of halogens is 1. The van der Waals surface area contributed by atoms with Crippen LogP contribution in [0, 0.1) is 0 Å². The van der Waals surface area contributed by atoms with Crippen molar-refractivity contribution in [3.63, 3.8) is 0 Å². The fraction of sp³-hybridized carbons (Fsp3) is 1.00. The van der Waals surface area contributed by atoms with E-state index in [1.165, 1.54) is 36.5 Å². The topological polar surface area (TPSA) is 12.0 Å². The Balaban J connectivity index is 3.26. The van der Waals surface area contributed by atoms with Crippen LogP contribution in [0.1, 0.15) is 39.0 Å². The van der Waals surface area contributed by atoms with Gasteiger partial charge in [0.15, 0.2) is 0 Å². The fourth-order valence-electron chi connectivity index (χ4n) is 1.31. The first kappa shape index (κ1) is 12.7. The van der Waals surface area contributed by atoms with Gasteiger partial charge in [0.1, 0.15) is 0 Å². The standard InChI is InChI=1S/C10H23IN/c1-4-5-6-7-10(12-3)8-9-11-2/h10,12H,4-9H2,1-3H3/q-1. The van der Waals surface area contributed by atoms with Crippen LogP contribution < -0.4 is 26.5 Å². The number of unbranched alkanes of at least 4 members (excludes halogenated alkanes) is 2. The van der Waals surface area contributed by atoms with Gasteiger partial charge in [-0.25, -0.2) is 0 Å². The molecule has 0 saturated carbocycles. The van der Waals surface area contributed by atoms with Gasteiger partial charge >= 0.3 is 88.0 Å². The zero-order valence-corrected chi connectivity index (χ0v) is 10.9. The molecule has 0 aromatic rings. The summed E-state index contributed by atoms with van der Waals surface area (Å²) in [6, 6.07) is 0.802. The summed E-state index contributed by atoms with van der Waals surface area (Å²) in [6.45, 7) is 2.27. The molecule has 0 aliphatic carbocycles. The van der Waals surface area contributed by atoms with Crippen LogP contribution in [0.25, 0.3) is 0 Å². The molecule has 0 saturated heterocycles. The summed E-state index contributed by atoms with van der Waals surface area (Å²) in [6.07, 6.45) is 6.94. The van der Waals surface area contributed by atoms with Crippen LogP contribution >= 0.6 is 0 Å². The van der Waals surface area contributed by atoms with Gasteiger partial charge in [0.2, 0.25) is 0 Å². The summed E-state index contributed by atoms with van der Waals surface area (Å²) in [7, 11) is 2.10. The van der Waals surface area contributed by atoms with Gasteiger partial charge < -0.3 is 0 Å². The van der Waals surface area contributed by atoms with E-state index in [1.54, 1.807) is 0 Å².